The van der Waals surface area contributed by atoms with Crippen LogP contribution in [0.5, 0.6) is 0 Å². The van der Waals surface area contributed by atoms with E-state index in [-0.39, 0.29) is 10.4 Å². The minimum atomic E-state index is -1.02. The number of fused-ring (bicyclic) bond motifs is 1. The van der Waals surface area contributed by atoms with Crippen molar-refractivity contribution in [3.05, 3.63) is 56.7 Å². The van der Waals surface area contributed by atoms with Crippen LogP contribution in [0.3, 0.4) is 0 Å². The van der Waals surface area contributed by atoms with Crippen LogP contribution in [0.4, 0.5) is 0 Å². The minimum Gasteiger partial charge on any atom is -0.477 e. The number of carboxylic acid groups (broad SMARTS) is 1. The summed E-state index contributed by atoms with van der Waals surface area (Å²) in [6, 6.07) is 9.97. The molecule has 2 heterocycles. The molecule has 0 unspecified atom stereocenters. The lowest BCUT2D eigenvalue weighted by atomic mass is 10.0. The molecular weight excluding hydrogens is 298 g/mol. The van der Waals surface area contributed by atoms with E-state index in [4.69, 9.17) is 11.6 Å². The van der Waals surface area contributed by atoms with Gasteiger partial charge in [0.05, 0.1) is 0 Å². The van der Waals surface area contributed by atoms with E-state index < -0.39 is 5.97 Å². The predicted molar refractivity (Wildman–Crippen MR) is 79.9 cm³/mol. The Kier molecular flexibility index (Phi) is 3.08. The molecule has 20 heavy (non-hydrogen) atoms. The fourth-order valence-electron chi connectivity index (χ4n) is 2.06. The Balaban J connectivity index is 2.37. The quantitative estimate of drug-likeness (QED) is 0.760. The number of hydrogen-bond acceptors (Lipinski definition) is 3. The fraction of sp³-hybridized carbons (Fsp3) is 0. The van der Waals surface area contributed by atoms with Crippen molar-refractivity contribution < 1.29 is 9.90 Å². The van der Waals surface area contributed by atoms with E-state index in [0.717, 1.165) is 16.9 Å². The Morgan fingerprint density at radius 2 is 1.85 bits per heavy atom. The maximum atomic E-state index is 11.4. The largest absolute Gasteiger partial charge is 0.477 e. The summed E-state index contributed by atoms with van der Waals surface area (Å²) in [4.78, 5) is 26.2. The summed E-state index contributed by atoms with van der Waals surface area (Å²) >= 11 is 6.91. The second kappa shape index (κ2) is 4.77. The van der Waals surface area contributed by atoms with Crippen molar-refractivity contribution in [1.29, 1.82) is 0 Å². The zero-order valence-corrected chi connectivity index (χ0v) is 11.6. The van der Waals surface area contributed by atoms with Gasteiger partial charge in [0.15, 0.2) is 0 Å². The highest BCUT2D eigenvalue weighted by Gasteiger charge is 2.19. The van der Waals surface area contributed by atoms with Gasteiger partial charge < -0.3 is 10.1 Å². The van der Waals surface area contributed by atoms with E-state index >= 15 is 0 Å². The van der Waals surface area contributed by atoms with Crippen LogP contribution in [0.25, 0.3) is 21.3 Å². The number of aromatic carboxylic acids is 1. The third-order valence-electron chi connectivity index (χ3n) is 2.91. The van der Waals surface area contributed by atoms with Crippen molar-refractivity contribution in [3.8, 4) is 11.1 Å². The number of rotatable bonds is 2. The lowest BCUT2D eigenvalue weighted by Gasteiger charge is -2.02. The molecule has 0 radical (unpaired) electrons. The molecule has 4 nitrogen and oxygen atoms in total. The van der Waals surface area contributed by atoms with Crippen molar-refractivity contribution in [2.75, 3.05) is 0 Å². The normalized spacial score (nSPS) is 10.8. The average Bonchev–Trinajstić information content (AvgIpc) is 2.78. The number of aromatic nitrogens is 1. The van der Waals surface area contributed by atoms with Crippen LogP contribution in [0, 0.1) is 0 Å². The molecule has 0 bridgehead atoms. The van der Waals surface area contributed by atoms with E-state index in [1.807, 2.05) is 0 Å². The van der Waals surface area contributed by atoms with Gasteiger partial charge in [-0.1, -0.05) is 23.7 Å². The molecule has 0 saturated heterocycles. The molecule has 6 heteroatoms. The SMILES string of the molecule is O=C(O)c1sc2[nH]c(=O)ccc2c1-c1ccc(Cl)cc1. The summed E-state index contributed by atoms with van der Waals surface area (Å²) in [7, 11) is 0. The van der Waals surface area contributed by atoms with E-state index in [2.05, 4.69) is 4.98 Å². The number of H-pyrrole nitrogens is 1. The summed E-state index contributed by atoms with van der Waals surface area (Å²) in [5.41, 5.74) is 1.11. The zero-order valence-electron chi connectivity index (χ0n) is 10.0. The molecule has 0 amide bonds. The standard InChI is InChI=1S/C14H8ClNO3S/c15-8-3-1-7(2-4-8)11-9-5-6-10(17)16-13(9)20-12(11)14(18)19/h1-6H,(H,16,17)(H,18,19). The van der Waals surface area contributed by atoms with E-state index in [0.29, 0.717) is 20.8 Å². The topological polar surface area (TPSA) is 70.2 Å². The molecule has 0 atom stereocenters. The Morgan fingerprint density at radius 1 is 1.15 bits per heavy atom. The molecule has 0 fully saturated rings. The van der Waals surface area contributed by atoms with Gasteiger partial charge in [-0.2, -0.15) is 0 Å². The van der Waals surface area contributed by atoms with Crippen LogP contribution in [-0.2, 0) is 0 Å². The lowest BCUT2D eigenvalue weighted by Crippen LogP contribution is -2.00. The van der Waals surface area contributed by atoms with E-state index in [1.165, 1.54) is 6.07 Å². The van der Waals surface area contributed by atoms with Crippen LogP contribution in [0.2, 0.25) is 5.02 Å². The highest BCUT2D eigenvalue weighted by Crippen LogP contribution is 2.37. The van der Waals surface area contributed by atoms with Crippen molar-refractivity contribution in [2.24, 2.45) is 0 Å². The summed E-state index contributed by atoms with van der Waals surface area (Å²) in [5.74, 6) is -1.02. The highest BCUT2D eigenvalue weighted by molar-refractivity contribution is 7.21. The van der Waals surface area contributed by atoms with Crippen molar-refractivity contribution >= 4 is 39.1 Å². The van der Waals surface area contributed by atoms with Crippen LogP contribution >= 0.6 is 22.9 Å². The maximum absolute atomic E-state index is 11.4. The summed E-state index contributed by atoms with van der Waals surface area (Å²) in [6.07, 6.45) is 0. The first kappa shape index (κ1) is 12.9. The molecule has 0 saturated carbocycles. The van der Waals surface area contributed by atoms with E-state index in [1.54, 1.807) is 30.3 Å². The van der Waals surface area contributed by atoms with Crippen LogP contribution in [0.15, 0.2) is 41.2 Å². The summed E-state index contributed by atoms with van der Waals surface area (Å²) < 4.78 is 0. The number of pyridine rings is 1. The zero-order chi connectivity index (χ0) is 14.3. The predicted octanol–water partition coefficient (Wildman–Crippen LogP) is 3.61. The number of aromatic amines is 1. The number of thiophene rings is 1. The monoisotopic (exact) mass is 305 g/mol. The first-order valence-electron chi connectivity index (χ1n) is 5.71. The highest BCUT2D eigenvalue weighted by atomic mass is 35.5. The van der Waals surface area contributed by atoms with Crippen molar-refractivity contribution in [3.63, 3.8) is 0 Å². The van der Waals surface area contributed by atoms with Crippen LogP contribution in [-0.4, -0.2) is 16.1 Å². The lowest BCUT2D eigenvalue weighted by molar-refractivity contribution is 0.0703. The Hall–Kier alpha value is -2.11. The van der Waals surface area contributed by atoms with Gasteiger partial charge in [-0.3, -0.25) is 4.79 Å². The molecule has 1 aromatic carbocycles. The number of halogens is 1. The van der Waals surface area contributed by atoms with Gasteiger partial charge in [-0.25, -0.2) is 4.79 Å². The number of carboxylic acids is 1. The van der Waals surface area contributed by atoms with Crippen LogP contribution in [0.1, 0.15) is 9.67 Å². The Bertz CT molecular complexity index is 864. The number of carbonyl (C=O) groups is 1. The molecule has 100 valence electrons. The average molecular weight is 306 g/mol. The van der Waals surface area contributed by atoms with Crippen molar-refractivity contribution in [2.45, 2.75) is 0 Å². The fourth-order valence-corrected chi connectivity index (χ4v) is 3.24. The van der Waals surface area contributed by atoms with Crippen LogP contribution < -0.4 is 5.56 Å². The number of benzene rings is 1. The molecule has 0 aliphatic heterocycles. The number of hydrogen-bond donors (Lipinski definition) is 2. The Labute approximate surface area is 122 Å². The Morgan fingerprint density at radius 3 is 2.50 bits per heavy atom. The molecular formula is C14H8ClNO3S. The maximum Gasteiger partial charge on any atom is 0.346 e. The summed E-state index contributed by atoms with van der Waals surface area (Å²) in [5, 5.41) is 10.6. The van der Waals surface area contributed by atoms with Gasteiger partial charge in [0.25, 0.3) is 0 Å². The second-order valence-corrected chi connectivity index (χ2v) is 5.64. The van der Waals surface area contributed by atoms with Gasteiger partial charge in [0, 0.05) is 22.0 Å². The smallest absolute Gasteiger partial charge is 0.346 e. The molecule has 0 aliphatic carbocycles. The van der Waals surface area contributed by atoms with Gasteiger partial charge in [0.1, 0.15) is 9.71 Å². The molecule has 3 aromatic rings. The second-order valence-electron chi connectivity index (χ2n) is 4.18. The molecule has 2 N–H and O–H groups in total. The third kappa shape index (κ3) is 2.11. The van der Waals surface area contributed by atoms with E-state index in [9.17, 15) is 14.7 Å². The first-order chi connectivity index (χ1) is 9.56. The summed E-state index contributed by atoms with van der Waals surface area (Å²) in [6.45, 7) is 0. The van der Waals surface area contributed by atoms with Gasteiger partial charge in [0.2, 0.25) is 5.56 Å². The molecule has 0 spiro atoms. The van der Waals surface area contributed by atoms with Crippen molar-refractivity contribution in [1.82, 2.24) is 4.98 Å². The van der Waals surface area contributed by atoms with Gasteiger partial charge >= 0.3 is 5.97 Å². The number of nitrogens with one attached hydrogen (secondary N) is 1. The van der Waals surface area contributed by atoms with Gasteiger partial charge in [-0.05, 0) is 23.8 Å². The first-order valence-corrected chi connectivity index (χ1v) is 6.91. The minimum absolute atomic E-state index is 0.198. The third-order valence-corrected chi connectivity index (χ3v) is 4.27. The molecule has 3 rings (SSSR count). The molecule has 2 aromatic heterocycles. The molecule has 0 aliphatic rings. The van der Waals surface area contributed by atoms with Gasteiger partial charge in [-0.15, -0.1) is 11.3 Å².